The molecule has 5 rings (SSSR count). The average Bonchev–Trinajstić information content (AvgIpc) is 3.44. The van der Waals surface area contributed by atoms with E-state index in [1.165, 1.54) is 11.5 Å². The van der Waals surface area contributed by atoms with E-state index < -0.39 is 0 Å². The number of H-pyrrole nitrogens is 1. The van der Waals surface area contributed by atoms with E-state index in [0.29, 0.717) is 18.8 Å². The normalized spacial score (nSPS) is 14.3. The predicted octanol–water partition coefficient (Wildman–Crippen LogP) is 2.75. The molecule has 1 fully saturated rings. The maximum absolute atomic E-state index is 11.8. The topological polar surface area (TPSA) is 104 Å². The number of fused-ring (bicyclic) bond motifs is 1. The number of carbonyl (C=O) groups excluding carboxylic acids is 1. The first-order chi connectivity index (χ1) is 13.7. The maximum atomic E-state index is 11.8. The third-order valence-electron chi connectivity index (χ3n) is 4.73. The minimum atomic E-state index is 0.203. The summed E-state index contributed by atoms with van der Waals surface area (Å²) in [4.78, 5) is 22.8. The van der Waals surface area contributed by atoms with Crippen LogP contribution in [0.5, 0.6) is 0 Å². The molecule has 28 heavy (non-hydrogen) atoms. The van der Waals surface area contributed by atoms with Crippen molar-refractivity contribution in [3.05, 3.63) is 42.2 Å². The van der Waals surface area contributed by atoms with Crippen molar-refractivity contribution < 1.29 is 4.79 Å². The van der Waals surface area contributed by atoms with Gasteiger partial charge in [0, 0.05) is 30.9 Å². The Morgan fingerprint density at radius 2 is 2.29 bits per heavy atom. The van der Waals surface area contributed by atoms with Gasteiger partial charge in [-0.3, -0.25) is 14.3 Å². The lowest BCUT2D eigenvalue weighted by molar-refractivity contribution is -0.128. The Hall–Kier alpha value is -3.27. The van der Waals surface area contributed by atoms with E-state index in [9.17, 15) is 4.79 Å². The quantitative estimate of drug-likeness (QED) is 0.539. The van der Waals surface area contributed by atoms with Crippen LogP contribution in [-0.4, -0.2) is 46.3 Å². The first-order valence-corrected chi connectivity index (χ1v) is 9.79. The van der Waals surface area contributed by atoms with Crippen LogP contribution >= 0.6 is 11.5 Å². The molecule has 10 heteroatoms. The molecule has 1 aliphatic rings. The monoisotopic (exact) mass is 394 g/mol. The van der Waals surface area contributed by atoms with Crippen LogP contribution in [0.2, 0.25) is 0 Å². The van der Waals surface area contributed by atoms with Crippen LogP contribution in [0.1, 0.15) is 24.2 Å². The Labute approximate surface area is 164 Å². The largest absolute Gasteiger partial charge is 0.337 e. The van der Waals surface area contributed by atoms with Crippen LogP contribution < -0.4 is 5.32 Å². The fourth-order valence-electron chi connectivity index (χ4n) is 3.43. The van der Waals surface area contributed by atoms with Crippen molar-refractivity contribution in [3.63, 3.8) is 0 Å². The summed E-state index contributed by atoms with van der Waals surface area (Å²) in [7, 11) is 0. The Morgan fingerprint density at radius 1 is 1.36 bits per heavy atom. The number of carbonyl (C=O) groups is 1. The van der Waals surface area contributed by atoms with E-state index in [0.717, 1.165) is 46.3 Å². The highest BCUT2D eigenvalue weighted by Crippen LogP contribution is 2.28. The molecule has 0 aliphatic carbocycles. The van der Waals surface area contributed by atoms with Gasteiger partial charge in [-0.05, 0) is 30.9 Å². The summed E-state index contributed by atoms with van der Waals surface area (Å²) in [5.74, 6) is 0.871. The van der Waals surface area contributed by atoms with Crippen molar-refractivity contribution in [1.82, 2.24) is 33.8 Å². The zero-order valence-corrected chi connectivity index (χ0v) is 16.0. The molecule has 0 radical (unpaired) electrons. The van der Waals surface area contributed by atoms with Gasteiger partial charge in [-0.2, -0.15) is 9.47 Å². The van der Waals surface area contributed by atoms with Crippen molar-refractivity contribution >= 4 is 33.9 Å². The Balaban J connectivity index is 1.43. The van der Waals surface area contributed by atoms with Gasteiger partial charge in [-0.1, -0.05) is 0 Å². The number of hydrogen-bond acceptors (Lipinski definition) is 7. The van der Waals surface area contributed by atoms with Crippen molar-refractivity contribution in [3.8, 4) is 11.3 Å². The average molecular weight is 394 g/mol. The third kappa shape index (κ3) is 3.01. The Kier molecular flexibility index (Phi) is 4.05. The van der Waals surface area contributed by atoms with E-state index in [1.807, 2.05) is 40.9 Å². The van der Waals surface area contributed by atoms with Gasteiger partial charge in [0.2, 0.25) is 5.91 Å². The fourth-order valence-corrected chi connectivity index (χ4v) is 4.08. The van der Waals surface area contributed by atoms with E-state index in [2.05, 4.69) is 29.9 Å². The second-order valence-electron chi connectivity index (χ2n) is 6.78. The summed E-state index contributed by atoms with van der Waals surface area (Å²) in [5.41, 5.74) is 4.37. The highest BCUT2D eigenvalue weighted by molar-refractivity contribution is 7.10. The number of nitrogens with one attached hydrogen (secondary N) is 2. The molecular formula is C18H18N8OS. The zero-order chi connectivity index (χ0) is 19.1. The Bertz CT molecular complexity index is 1150. The lowest BCUT2D eigenvalue weighted by Gasteiger charge is -2.12. The van der Waals surface area contributed by atoms with Crippen molar-refractivity contribution in [2.75, 3.05) is 11.9 Å². The summed E-state index contributed by atoms with van der Waals surface area (Å²) >= 11 is 1.36. The highest BCUT2D eigenvalue weighted by Gasteiger charge is 2.21. The maximum Gasteiger partial charge on any atom is 0.222 e. The number of aryl methyl sites for hydroxylation is 1. The van der Waals surface area contributed by atoms with E-state index in [-0.39, 0.29) is 5.91 Å². The van der Waals surface area contributed by atoms with Crippen molar-refractivity contribution in [2.45, 2.75) is 26.3 Å². The molecule has 0 unspecified atom stereocenters. The molecule has 5 heterocycles. The second-order valence-corrected chi connectivity index (χ2v) is 7.59. The number of hydrogen-bond donors (Lipinski definition) is 2. The molecule has 9 nitrogen and oxygen atoms in total. The number of likely N-dealkylation sites (tertiary alicyclic amines) is 1. The number of amides is 1. The molecule has 0 aromatic carbocycles. The van der Waals surface area contributed by atoms with E-state index in [1.54, 1.807) is 6.20 Å². The summed E-state index contributed by atoms with van der Waals surface area (Å²) in [5, 5.41) is 11.1. The molecule has 0 spiro atoms. The van der Waals surface area contributed by atoms with Crippen molar-refractivity contribution in [1.29, 1.82) is 0 Å². The minimum Gasteiger partial charge on any atom is -0.337 e. The number of aromatic amines is 1. The molecule has 0 saturated carbocycles. The first kappa shape index (κ1) is 16.9. The van der Waals surface area contributed by atoms with Gasteiger partial charge in [-0.25, -0.2) is 9.97 Å². The zero-order valence-electron chi connectivity index (χ0n) is 15.2. The minimum absolute atomic E-state index is 0.203. The van der Waals surface area contributed by atoms with Gasteiger partial charge in [0.15, 0.2) is 11.5 Å². The summed E-state index contributed by atoms with van der Waals surface area (Å²) < 4.78 is 6.48. The molecule has 1 saturated heterocycles. The molecule has 0 atom stereocenters. The highest BCUT2D eigenvalue weighted by atomic mass is 32.1. The number of imidazole rings is 1. The Morgan fingerprint density at radius 3 is 3.07 bits per heavy atom. The molecule has 0 bridgehead atoms. The third-order valence-corrected chi connectivity index (χ3v) is 5.47. The number of anilines is 2. The van der Waals surface area contributed by atoms with Gasteiger partial charge in [-0.15, -0.1) is 0 Å². The summed E-state index contributed by atoms with van der Waals surface area (Å²) in [6.07, 6.45) is 8.93. The van der Waals surface area contributed by atoms with Crippen LogP contribution in [0.25, 0.3) is 16.9 Å². The lowest BCUT2D eigenvalue weighted by Crippen LogP contribution is -2.23. The smallest absolute Gasteiger partial charge is 0.222 e. The van der Waals surface area contributed by atoms with Crippen LogP contribution in [0.3, 0.4) is 0 Å². The molecule has 4 aromatic rings. The first-order valence-electron chi connectivity index (χ1n) is 9.01. The van der Waals surface area contributed by atoms with E-state index in [4.69, 9.17) is 0 Å². The SMILES string of the molecule is Cc1cn2c(-c3cn[nH]c3)cnc2c(Nc2cc(CN3CCCC3=O)ns2)n1. The van der Waals surface area contributed by atoms with Crippen LogP contribution in [-0.2, 0) is 11.3 Å². The fraction of sp³-hybridized carbons (Fsp3) is 0.278. The van der Waals surface area contributed by atoms with Gasteiger partial charge >= 0.3 is 0 Å². The van der Waals surface area contributed by atoms with Gasteiger partial charge in [0.25, 0.3) is 0 Å². The molecule has 142 valence electrons. The summed E-state index contributed by atoms with van der Waals surface area (Å²) in [6, 6.07) is 1.97. The standard InChI is InChI=1S/C18H18N8OS/c1-11-9-26-14(12-6-20-21-7-12)8-19-18(26)17(22-11)23-15-5-13(24-28-15)10-25-4-2-3-16(25)27/h5-9H,2-4,10H2,1H3,(H,20,21)(H,22,23). The number of rotatable bonds is 5. The molecular weight excluding hydrogens is 376 g/mol. The van der Waals surface area contributed by atoms with Gasteiger partial charge < -0.3 is 10.2 Å². The predicted molar refractivity (Wildman–Crippen MR) is 105 cm³/mol. The van der Waals surface area contributed by atoms with Crippen LogP contribution in [0.4, 0.5) is 10.8 Å². The van der Waals surface area contributed by atoms with Crippen molar-refractivity contribution in [2.24, 2.45) is 0 Å². The molecule has 2 N–H and O–H groups in total. The lowest BCUT2D eigenvalue weighted by atomic mass is 10.3. The van der Waals surface area contributed by atoms with E-state index >= 15 is 0 Å². The number of nitrogens with zero attached hydrogens (tertiary/aromatic N) is 6. The van der Waals surface area contributed by atoms with Gasteiger partial charge in [0.05, 0.1) is 36.0 Å². The second kappa shape index (κ2) is 6.71. The number of aromatic nitrogens is 6. The molecule has 4 aromatic heterocycles. The van der Waals surface area contributed by atoms with Crippen LogP contribution in [0.15, 0.2) is 30.9 Å². The molecule has 1 amide bonds. The molecule has 1 aliphatic heterocycles. The van der Waals surface area contributed by atoms with Gasteiger partial charge in [0.1, 0.15) is 5.00 Å². The van der Waals surface area contributed by atoms with Crippen LogP contribution in [0, 0.1) is 6.92 Å². The summed E-state index contributed by atoms with van der Waals surface area (Å²) in [6.45, 7) is 3.31.